The van der Waals surface area contributed by atoms with Gasteiger partial charge < -0.3 is 10.6 Å². The normalized spacial score (nSPS) is 18.8. The van der Waals surface area contributed by atoms with E-state index in [4.69, 9.17) is 5.73 Å². The number of amides is 2. The van der Waals surface area contributed by atoms with Crippen LogP contribution in [0.4, 0.5) is 0 Å². The van der Waals surface area contributed by atoms with E-state index in [9.17, 15) is 9.59 Å². The van der Waals surface area contributed by atoms with Gasteiger partial charge in [0, 0.05) is 12.6 Å². The Morgan fingerprint density at radius 2 is 2.38 bits per heavy atom. The molecule has 0 aromatic carbocycles. The third-order valence-electron chi connectivity index (χ3n) is 2.16. The van der Waals surface area contributed by atoms with E-state index in [0.717, 1.165) is 5.57 Å². The molecule has 1 rings (SSSR count). The predicted octanol–water partition coefficient (Wildman–Crippen LogP) is 0.0388. The quantitative estimate of drug-likeness (QED) is 0.669. The predicted molar refractivity (Wildman–Crippen MR) is 48.7 cm³/mol. The Balaban J connectivity index is 2.74. The summed E-state index contributed by atoms with van der Waals surface area (Å²) < 4.78 is 0. The molecule has 2 N–H and O–H groups in total. The first-order valence-electron chi connectivity index (χ1n) is 4.33. The lowest BCUT2D eigenvalue weighted by atomic mass is 10.2. The fraction of sp³-hybridized carbons (Fsp3) is 0.556. The van der Waals surface area contributed by atoms with Crippen LogP contribution < -0.4 is 5.73 Å². The van der Waals surface area contributed by atoms with Crippen molar-refractivity contribution >= 4 is 11.8 Å². The maximum absolute atomic E-state index is 11.3. The van der Waals surface area contributed by atoms with Crippen LogP contribution in [0.15, 0.2) is 11.6 Å². The molecular formula is C9H14N2O2. The molecule has 1 aliphatic heterocycles. The average Bonchev–Trinajstić information content (AvgIpc) is 2.31. The molecule has 1 heterocycles. The van der Waals surface area contributed by atoms with Crippen LogP contribution in [-0.2, 0) is 9.59 Å². The first-order valence-corrected chi connectivity index (χ1v) is 4.33. The summed E-state index contributed by atoms with van der Waals surface area (Å²) in [7, 11) is 0. The number of carbonyl (C=O) groups is 2. The van der Waals surface area contributed by atoms with Crippen LogP contribution in [0.25, 0.3) is 0 Å². The topological polar surface area (TPSA) is 63.4 Å². The second kappa shape index (κ2) is 3.60. The van der Waals surface area contributed by atoms with Gasteiger partial charge >= 0.3 is 0 Å². The van der Waals surface area contributed by atoms with Gasteiger partial charge in [0.1, 0.15) is 6.04 Å². The number of nitrogens with two attached hydrogens (primary N) is 1. The molecule has 0 saturated heterocycles. The SMILES string of the molecule is CCC(C(N)=O)N1CC(C)=CC1=O. The van der Waals surface area contributed by atoms with E-state index in [1.54, 1.807) is 6.08 Å². The lowest BCUT2D eigenvalue weighted by molar-refractivity contribution is -0.134. The summed E-state index contributed by atoms with van der Waals surface area (Å²) in [6.45, 7) is 4.24. The van der Waals surface area contributed by atoms with Gasteiger partial charge in [-0.15, -0.1) is 0 Å². The molecule has 13 heavy (non-hydrogen) atoms. The molecule has 0 bridgehead atoms. The Morgan fingerprint density at radius 3 is 2.69 bits per heavy atom. The smallest absolute Gasteiger partial charge is 0.247 e. The molecule has 1 atom stereocenters. The van der Waals surface area contributed by atoms with E-state index in [2.05, 4.69) is 0 Å². The molecule has 0 radical (unpaired) electrons. The Bertz CT molecular complexity index is 271. The highest BCUT2D eigenvalue weighted by Crippen LogP contribution is 2.14. The summed E-state index contributed by atoms with van der Waals surface area (Å²) in [4.78, 5) is 23.8. The fourth-order valence-electron chi connectivity index (χ4n) is 1.52. The molecule has 1 unspecified atom stereocenters. The van der Waals surface area contributed by atoms with Crippen molar-refractivity contribution in [1.29, 1.82) is 0 Å². The van der Waals surface area contributed by atoms with Gasteiger partial charge in [-0.25, -0.2) is 0 Å². The highest BCUT2D eigenvalue weighted by atomic mass is 16.2. The van der Waals surface area contributed by atoms with Crippen molar-refractivity contribution in [2.45, 2.75) is 26.3 Å². The van der Waals surface area contributed by atoms with Gasteiger partial charge in [0.2, 0.25) is 11.8 Å². The summed E-state index contributed by atoms with van der Waals surface area (Å²) in [6, 6.07) is -0.457. The van der Waals surface area contributed by atoms with Gasteiger partial charge in [-0.2, -0.15) is 0 Å². The molecule has 1 aliphatic rings. The van der Waals surface area contributed by atoms with Gasteiger partial charge in [0.05, 0.1) is 0 Å². The third kappa shape index (κ3) is 1.88. The minimum absolute atomic E-state index is 0.108. The van der Waals surface area contributed by atoms with E-state index in [-0.39, 0.29) is 5.91 Å². The number of hydrogen-bond donors (Lipinski definition) is 1. The monoisotopic (exact) mass is 182 g/mol. The summed E-state index contributed by atoms with van der Waals surface area (Å²) in [5.74, 6) is -0.540. The van der Waals surface area contributed by atoms with Gasteiger partial charge in [0.15, 0.2) is 0 Å². The van der Waals surface area contributed by atoms with Crippen LogP contribution in [0, 0.1) is 0 Å². The zero-order chi connectivity index (χ0) is 10.0. The van der Waals surface area contributed by atoms with Gasteiger partial charge in [-0.05, 0) is 18.9 Å². The van der Waals surface area contributed by atoms with Gasteiger partial charge in [-0.1, -0.05) is 6.92 Å². The van der Waals surface area contributed by atoms with Crippen molar-refractivity contribution in [3.05, 3.63) is 11.6 Å². The summed E-state index contributed by atoms with van der Waals surface area (Å²) in [5, 5.41) is 0. The number of nitrogens with zero attached hydrogens (tertiary/aromatic N) is 1. The fourth-order valence-corrected chi connectivity index (χ4v) is 1.52. The molecule has 0 aromatic heterocycles. The van der Waals surface area contributed by atoms with Gasteiger partial charge in [-0.3, -0.25) is 9.59 Å². The lowest BCUT2D eigenvalue weighted by Crippen LogP contribution is -2.45. The first kappa shape index (κ1) is 9.77. The number of carbonyl (C=O) groups excluding carboxylic acids is 2. The van der Waals surface area contributed by atoms with Crippen molar-refractivity contribution < 1.29 is 9.59 Å². The van der Waals surface area contributed by atoms with E-state index < -0.39 is 11.9 Å². The Labute approximate surface area is 77.4 Å². The van der Waals surface area contributed by atoms with Crippen LogP contribution in [0.2, 0.25) is 0 Å². The largest absolute Gasteiger partial charge is 0.368 e. The molecule has 72 valence electrons. The molecule has 0 fully saturated rings. The molecular weight excluding hydrogens is 168 g/mol. The number of hydrogen-bond acceptors (Lipinski definition) is 2. The van der Waals surface area contributed by atoms with E-state index in [0.29, 0.717) is 13.0 Å². The minimum atomic E-state index is -0.457. The van der Waals surface area contributed by atoms with E-state index in [1.165, 1.54) is 4.90 Å². The third-order valence-corrected chi connectivity index (χ3v) is 2.16. The Kier molecular flexibility index (Phi) is 2.70. The van der Waals surface area contributed by atoms with Crippen LogP contribution in [0.5, 0.6) is 0 Å². The molecule has 0 aromatic rings. The highest BCUT2D eigenvalue weighted by molar-refractivity contribution is 5.95. The number of primary amides is 1. The number of rotatable bonds is 3. The minimum Gasteiger partial charge on any atom is -0.368 e. The maximum Gasteiger partial charge on any atom is 0.247 e. The zero-order valence-corrected chi connectivity index (χ0v) is 7.91. The molecule has 4 nitrogen and oxygen atoms in total. The molecule has 0 aliphatic carbocycles. The summed E-state index contributed by atoms with van der Waals surface area (Å²) >= 11 is 0. The zero-order valence-electron chi connectivity index (χ0n) is 7.91. The standard InChI is InChI=1S/C9H14N2O2/c1-3-7(9(10)13)11-5-6(2)4-8(11)12/h4,7H,3,5H2,1-2H3,(H2,10,13). The second-order valence-electron chi connectivity index (χ2n) is 3.28. The van der Waals surface area contributed by atoms with Crippen molar-refractivity contribution in [2.24, 2.45) is 5.73 Å². The first-order chi connectivity index (χ1) is 6.06. The Hall–Kier alpha value is -1.32. The second-order valence-corrected chi connectivity index (χ2v) is 3.28. The van der Waals surface area contributed by atoms with Crippen molar-refractivity contribution in [3.63, 3.8) is 0 Å². The van der Waals surface area contributed by atoms with Crippen LogP contribution >= 0.6 is 0 Å². The summed E-state index contributed by atoms with van der Waals surface area (Å²) in [6.07, 6.45) is 2.12. The van der Waals surface area contributed by atoms with Crippen molar-refractivity contribution in [2.75, 3.05) is 6.54 Å². The van der Waals surface area contributed by atoms with Crippen LogP contribution in [-0.4, -0.2) is 29.3 Å². The molecule has 2 amide bonds. The van der Waals surface area contributed by atoms with E-state index in [1.807, 2.05) is 13.8 Å². The van der Waals surface area contributed by atoms with Crippen molar-refractivity contribution in [1.82, 2.24) is 4.90 Å². The average molecular weight is 182 g/mol. The maximum atomic E-state index is 11.3. The van der Waals surface area contributed by atoms with Crippen molar-refractivity contribution in [3.8, 4) is 0 Å². The summed E-state index contributed by atoms with van der Waals surface area (Å²) in [5.41, 5.74) is 6.16. The molecule has 0 saturated carbocycles. The molecule has 0 spiro atoms. The Morgan fingerprint density at radius 1 is 1.77 bits per heavy atom. The van der Waals surface area contributed by atoms with Gasteiger partial charge in [0.25, 0.3) is 0 Å². The highest BCUT2D eigenvalue weighted by Gasteiger charge is 2.29. The van der Waals surface area contributed by atoms with E-state index >= 15 is 0 Å². The van der Waals surface area contributed by atoms with Crippen LogP contribution in [0.1, 0.15) is 20.3 Å². The molecule has 4 heteroatoms. The lowest BCUT2D eigenvalue weighted by Gasteiger charge is -2.24. The van der Waals surface area contributed by atoms with Crippen LogP contribution in [0.3, 0.4) is 0 Å².